The van der Waals surface area contributed by atoms with E-state index in [0.717, 1.165) is 0 Å². The van der Waals surface area contributed by atoms with Gasteiger partial charge in [-0.25, -0.2) is 0 Å². The Hall–Kier alpha value is -0.0800. The Kier molecular flexibility index (Phi) is 1.44. The van der Waals surface area contributed by atoms with Gasteiger partial charge in [0.15, 0.2) is 0 Å². The molecule has 1 aromatic rings. The van der Waals surface area contributed by atoms with Crippen molar-refractivity contribution in [1.82, 2.24) is 0 Å². The molecule has 0 fully saturated rings. The minimum Gasteiger partial charge on any atom is -0.108 e. The van der Waals surface area contributed by atoms with Crippen molar-refractivity contribution in [3.63, 3.8) is 0 Å². The highest BCUT2D eigenvalue weighted by atomic mass is 32.2. The molecule has 0 aromatic heterocycles. The van der Waals surface area contributed by atoms with Crippen LogP contribution in [0.1, 0.15) is 0 Å². The average Bonchev–Trinajstić information content (AvgIpc) is 2.33. The zero-order valence-electron chi connectivity index (χ0n) is 4.70. The fraction of sp³-hybridized carbons (Fsp3) is 0. The highest BCUT2D eigenvalue weighted by molar-refractivity contribution is 8.21. The lowest BCUT2D eigenvalue weighted by atomic mass is 10.4. The van der Waals surface area contributed by atoms with Gasteiger partial charge < -0.3 is 0 Å². The van der Waals surface area contributed by atoms with Crippen LogP contribution >= 0.6 is 23.5 Å². The van der Waals surface area contributed by atoms with Crippen LogP contribution in [-0.4, -0.2) is 0 Å². The fourth-order valence-electron chi connectivity index (χ4n) is 0.773. The maximum Gasteiger partial charge on any atom is 0.0814 e. The van der Waals surface area contributed by atoms with Crippen molar-refractivity contribution >= 4 is 23.5 Å². The molecule has 0 bridgehead atoms. The normalized spacial score (nSPS) is 15.6. The lowest BCUT2D eigenvalue weighted by Crippen LogP contribution is -1.65. The topological polar surface area (TPSA) is 0 Å². The van der Waals surface area contributed by atoms with Crippen molar-refractivity contribution in [2.75, 3.05) is 0 Å². The van der Waals surface area contributed by atoms with E-state index in [0.29, 0.717) is 0 Å². The molecule has 2 rings (SSSR count). The molecule has 0 N–H and O–H groups in total. The minimum atomic E-state index is 1.39. The molecule has 45 valence electrons. The molecule has 1 aliphatic rings. The highest BCUT2D eigenvalue weighted by Crippen LogP contribution is 2.44. The van der Waals surface area contributed by atoms with E-state index in [-0.39, 0.29) is 0 Å². The van der Waals surface area contributed by atoms with Crippen LogP contribution in [0.15, 0.2) is 34.1 Å². The first kappa shape index (κ1) is 5.69. The molecular formula is C7H5S2. The van der Waals surface area contributed by atoms with Crippen LogP contribution in [0.4, 0.5) is 0 Å². The summed E-state index contributed by atoms with van der Waals surface area (Å²) in [5, 5.41) is 2.16. The van der Waals surface area contributed by atoms with E-state index >= 15 is 0 Å². The van der Waals surface area contributed by atoms with Crippen molar-refractivity contribution in [3.05, 3.63) is 29.4 Å². The maximum absolute atomic E-state index is 2.16. The molecule has 0 nitrogen and oxygen atoms in total. The van der Waals surface area contributed by atoms with Crippen LogP contribution in [0.5, 0.6) is 0 Å². The third-order valence-corrected chi connectivity index (χ3v) is 3.32. The molecule has 1 heterocycles. The van der Waals surface area contributed by atoms with Crippen LogP contribution < -0.4 is 0 Å². The first-order chi connectivity index (χ1) is 4.47. The zero-order valence-corrected chi connectivity index (χ0v) is 6.34. The Morgan fingerprint density at radius 1 is 0.889 bits per heavy atom. The monoisotopic (exact) mass is 153 g/mol. The Labute approximate surface area is 63.0 Å². The molecule has 1 aliphatic heterocycles. The van der Waals surface area contributed by atoms with E-state index < -0.39 is 0 Å². The van der Waals surface area contributed by atoms with Gasteiger partial charge in [0.25, 0.3) is 0 Å². The van der Waals surface area contributed by atoms with Gasteiger partial charge in [0.1, 0.15) is 0 Å². The third-order valence-electron chi connectivity index (χ3n) is 1.20. The largest absolute Gasteiger partial charge is 0.108 e. The number of hydrogen-bond donors (Lipinski definition) is 0. The Bertz CT molecular complexity index is 197. The van der Waals surface area contributed by atoms with E-state index in [1.165, 1.54) is 9.79 Å². The molecule has 9 heavy (non-hydrogen) atoms. The number of benzene rings is 1. The first-order valence-electron chi connectivity index (χ1n) is 2.71. The van der Waals surface area contributed by atoms with Gasteiger partial charge in [-0.2, -0.15) is 0 Å². The second kappa shape index (κ2) is 2.27. The molecule has 0 unspecified atom stereocenters. The molecule has 0 amide bonds. The number of thioether (sulfide) groups is 2. The van der Waals surface area contributed by atoms with Crippen LogP contribution in [0.2, 0.25) is 0 Å². The molecular weight excluding hydrogens is 148 g/mol. The Morgan fingerprint density at radius 2 is 1.44 bits per heavy atom. The first-order valence-corrected chi connectivity index (χ1v) is 4.47. The predicted molar refractivity (Wildman–Crippen MR) is 42.5 cm³/mol. The highest BCUT2D eigenvalue weighted by Gasteiger charge is 2.09. The maximum atomic E-state index is 2.16. The molecule has 1 aromatic carbocycles. The average molecular weight is 153 g/mol. The SMILES string of the molecule is [CH]1Sc2ccccc2S1. The minimum absolute atomic E-state index is 1.39. The summed E-state index contributed by atoms with van der Waals surface area (Å²) >= 11 is 3.61. The van der Waals surface area contributed by atoms with Crippen LogP contribution in [-0.2, 0) is 0 Å². The number of fused-ring (bicyclic) bond motifs is 1. The van der Waals surface area contributed by atoms with Crippen molar-refractivity contribution in [1.29, 1.82) is 0 Å². The predicted octanol–water partition coefficient (Wildman–Crippen LogP) is 3.00. The van der Waals surface area contributed by atoms with E-state index in [4.69, 9.17) is 0 Å². The smallest absolute Gasteiger partial charge is 0.0814 e. The van der Waals surface area contributed by atoms with Gasteiger partial charge >= 0.3 is 0 Å². The lowest BCUT2D eigenvalue weighted by Gasteiger charge is -1.90. The summed E-state index contributed by atoms with van der Waals surface area (Å²) in [7, 11) is 0. The third kappa shape index (κ3) is 0.970. The molecule has 0 spiro atoms. The summed E-state index contributed by atoms with van der Waals surface area (Å²) in [4.78, 5) is 2.78. The van der Waals surface area contributed by atoms with Gasteiger partial charge in [0.05, 0.1) is 5.08 Å². The van der Waals surface area contributed by atoms with Gasteiger partial charge in [0.2, 0.25) is 0 Å². The quantitative estimate of drug-likeness (QED) is 0.562. The molecule has 2 heteroatoms. The van der Waals surface area contributed by atoms with Gasteiger partial charge in [-0.15, -0.1) is 23.5 Å². The number of hydrogen-bond acceptors (Lipinski definition) is 2. The molecule has 0 saturated carbocycles. The standard InChI is InChI=1S/C7H5S2/c1-2-4-7-6(3-1)8-5-9-7/h1-5H. The Balaban J connectivity index is 2.54. The summed E-state index contributed by atoms with van der Waals surface area (Å²) in [6.07, 6.45) is 0. The summed E-state index contributed by atoms with van der Waals surface area (Å²) < 4.78 is 0. The van der Waals surface area contributed by atoms with Crippen LogP contribution in [0, 0.1) is 5.08 Å². The van der Waals surface area contributed by atoms with E-state index in [1.807, 2.05) is 0 Å². The summed E-state index contributed by atoms with van der Waals surface area (Å²) in [6, 6.07) is 8.45. The van der Waals surface area contributed by atoms with E-state index in [1.54, 1.807) is 23.5 Å². The molecule has 0 aliphatic carbocycles. The zero-order chi connectivity index (χ0) is 6.10. The van der Waals surface area contributed by atoms with Crippen LogP contribution in [0.25, 0.3) is 0 Å². The summed E-state index contributed by atoms with van der Waals surface area (Å²) in [6.45, 7) is 0. The second-order valence-electron chi connectivity index (χ2n) is 1.78. The van der Waals surface area contributed by atoms with E-state index in [9.17, 15) is 0 Å². The van der Waals surface area contributed by atoms with E-state index in [2.05, 4.69) is 29.4 Å². The van der Waals surface area contributed by atoms with Crippen LogP contribution in [0.3, 0.4) is 0 Å². The van der Waals surface area contributed by atoms with Gasteiger partial charge in [-0.05, 0) is 12.1 Å². The summed E-state index contributed by atoms with van der Waals surface area (Å²) in [5.74, 6) is 0. The molecule has 1 radical (unpaired) electrons. The summed E-state index contributed by atoms with van der Waals surface area (Å²) in [5.41, 5.74) is 0. The van der Waals surface area contributed by atoms with Crippen molar-refractivity contribution in [2.45, 2.75) is 9.79 Å². The van der Waals surface area contributed by atoms with Gasteiger partial charge in [-0.3, -0.25) is 0 Å². The number of rotatable bonds is 0. The lowest BCUT2D eigenvalue weighted by molar-refractivity contribution is 1.27. The van der Waals surface area contributed by atoms with Gasteiger partial charge in [-0.1, -0.05) is 12.1 Å². The van der Waals surface area contributed by atoms with Crippen molar-refractivity contribution < 1.29 is 0 Å². The molecule has 0 saturated heterocycles. The molecule has 0 atom stereocenters. The Morgan fingerprint density at radius 3 is 2.00 bits per heavy atom. The second-order valence-corrected chi connectivity index (χ2v) is 3.90. The fourth-order valence-corrected chi connectivity index (χ4v) is 2.77. The van der Waals surface area contributed by atoms with Crippen molar-refractivity contribution in [2.24, 2.45) is 0 Å². The van der Waals surface area contributed by atoms with Crippen molar-refractivity contribution in [3.8, 4) is 0 Å². The van der Waals surface area contributed by atoms with Gasteiger partial charge in [0, 0.05) is 9.79 Å².